The standard InChI is InChI=1S/C24H22F2N4O3/c1-15-29-19-8-6-16(17-7-9-20(28-13-17)23(32)27-10-11-31)12-21(19)30(15)14-18-4-2-3-5-22(18)33-24(25)26/h2-9,12-13,24,31H,10-11,14H2,1H3,(H,27,32). The number of imidazole rings is 1. The van der Waals surface area contributed by atoms with Crippen LogP contribution in [-0.2, 0) is 6.54 Å². The molecule has 0 aliphatic carbocycles. The summed E-state index contributed by atoms with van der Waals surface area (Å²) in [6, 6.07) is 15.9. The fraction of sp³-hybridized carbons (Fsp3) is 0.208. The van der Waals surface area contributed by atoms with E-state index in [9.17, 15) is 13.6 Å². The zero-order chi connectivity index (χ0) is 23.4. The molecule has 0 spiro atoms. The average molecular weight is 452 g/mol. The number of halogens is 2. The molecule has 170 valence electrons. The number of aliphatic hydroxyl groups is 1. The van der Waals surface area contributed by atoms with Gasteiger partial charge in [0.2, 0.25) is 0 Å². The number of rotatable bonds is 8. The summed E-state index contributed by atoms with van der Waals surface area (Å²) in [5, 5.41) is 11.4. The SMILES string of the molecule is Cc1nc2ccc(-c3ccc(C(=O)NCCO)nc3)cc2n1Cc1ccccc1OC(F)F. The Morgan fingerprint density at radius 1 is 1.15 bits per heavy atom. The van der Waals surface area contributed by atoms with E-state index in [-0.39, 0.29) is 30.5 Å². The number of carbonyl (C=O) groups excluding carboxylic acids is 1. The van der Waals surface area contributed by atoms with Crippen LogP contribution in [0.5, 0.6) is 5.75 Å². The average Bonchev–Trinajstić information content (AvgIpc) is 3.12. The third-order valence-electron chi connectivity index (χ3n) is 5.18. The molecule has 4 aromatic rings. The number of aromatic nitrogens is 3. The van der Waals surface area contributed by atoms with E-state index in [1.807, 2.05) is 29.7 Å². The summed E-state index contributed by atoms with van der Waals surface area (Å²) < 4.78 is 32.2. The zero-order valence-electron chi connectivity index (χ0n) is 17.8. The Labute approximate surface area is 188 Å². The number of aliphatic hydroxyl groups excluding tert-OH is 1. The topological polar surface area (TPSA) is 89.3 Å². The van der Waals surface area contributed by atoms with Gasteiger partial charge in [-0.15, -0.1) is 0 Å². The first kappa shape index (κ1) is 22.3. The molecule has 7 nitrogen and oxygen atoms in total. The minimum absolute atomic E-state index is 0.129. The molecule has 0 fully saturated rings. The monoisotopic (exact) mass is 452 g/mol. The fourth-order valence-electron chi connectivity index (χ4n) is 3.60. The molecule has 2 aromatic carbocycles. The minimum atomic E-state index is -2.90. The molecule has 2 heterocycles. The maximum atomic E-state index is 12.8. The molecule has 0 atom stereocenters. The Hall–Kier alpha value is -3.85. The van der Waals surface area contributed by atoms with Crippen molar-refractivity contribution in [3.63, 3.8) is 0 Å². The molecular weight excluding hydrogens is 430 g/mol. The molecule has 2 N–H and O–H groups in total. The molecule has 1 amide bonds. The fourth-order valence-corrected chi connectivity index (χ4v) is 3.60. The van der Waals surface area contributed by atoms with Gasteiger partial charge in [0.25, 0.3) is 5.91 Å². The summed E-state index contributed by atoms with van der Waals surface area (Å²) in [6.45, 7) is -0.711. The summed E-state index contributed by atoms with van der Waals surface area (Å²) in [4.78, 5) is 20.8. The number of nitrogens with zero attached hydrogens (tertiary/aromatic N) is 3. The molecule has 0 radical (unpaired) electrons. The van der Waals surface area contributed by atoms with Crippen LogP contribution < -0.4 is 10.1 Å². The summed E-state index contributed by atoms with van der Waals surface area (Å²) in [5.74, 6) is 0.511. The maximum Gasteiger partial charge on any atom is 0.387 e. The Balaban J connectivity index is 1.65. The van der Waals surface area contributed by atoms with Gasteiger partial charge in [-0.1, -0.05) is 30.3 Å². The number of aryl methyl sites for hydroxylation is 1. The predicted octanol–water partition coefficient (Wildman–Crippen LogP) is 3.78. The number of fused-ring (bicyclic) bond motifs is 1. The Morgan fingerprint density at radius 2 is 1.94 bits per heavy atom. The lowest BCUT2D eigenvalue weighted by atomic mass is 10.1. The van der Waals surface area contributed by atoms with Gasteiger partial charge in [0.1, 0.15) is 17.3 Å². The van der Waals surface area contributed by atoms with E-state index in [0.717, 1.165) is 28.0 Å². The van der Waals surface area contributed by atoms with E-state index in [1.54, 1.807) is 36.5 Å². The van der Waals surface area contributed by atoms with E-state index >= 15 is 0 Å². The van der Waals surface area contributed by atoms with Crippen molar-refractivity contribution in [1.82, 2.24) is 19.9 Å². The molecule has 0 aliphatic rings. The highest BCUT2D eigenvalue weighted by Gasteiger charge is 2.14. The molecule has 0 unspecified atom stereocenters. The number of nitrogens with one attached hydrogen (secondary N) is 1. The third-order valence-corrected chi connectivity index (χ3v) is 5.18. The van der Waals surface area contributed by atoms with Gasteiger partial charge < -0.3 is 19.7 Å². The van der Waals surface area contributed by atoms with E-state index in [2.05, 4.69) is 20.0 Å². The number of benzene rings is 2. The van der Waals surface area contributed by atoms with Crippen LogP contribution in [-0.4, -0.2) is 45.3 Å². The van der Waals surface area contributed by atoms with Gasteiger partial charge in [-0.25, -0.2) is 4.98 Å². The van der Waals surface area contributed by atoms with Crippen LogP contribution in [0.15, 0.2) is 60.8 Å². The third kappa shape index (κ3) is 4.98. The maximum absolute atomic E-state index is 12.8. The van der Waals surface area contributed by atoms with Crippen LogP contribution in [0.4, 0.5) is 8.78 Å². The second-order valence-corrected chi connectivity index (χ2v) is 7.35. The van der Waals surface area contributed by atoms with E-state index in [0.29, 0.717) is 12.1 Å². The number of ether oxygens (including phenoxy) is 1. The molecular formula is C24H22F2N4O3. The van der Waals surface area contributed by atoms with Gasteiger partial charge in [-0.2, -0.15) is 8.78 Å². The molecule has 0 saturated carbocycles. The largest absolute Gasteiger partial charge is 0.434 e. The first-order valence-electron chi connectivity index (χ1n) is 10.3. The molecule has 0 aliphatic heterocycles. The second kappa shape index (κ2) is 9.74. The normalized spacial score (nSPS) is 11.2. The van der Waals surface area contributed by atoms with Crippen molar-refractivity contribution in [3.05, 3.63) is 77.9 Å². The smallest absolute Gasteiger partial charge is 0.387 e. The van der Waals surface area contributed by atoms with Gasteiger partial charge in [0.05, 0.1) is 24.2 Å². The highest BCUT2D eigenvalue weighted by molar-refractivity contribution is 5.92. The number of hydrogen-bond donors (Lipinski definition) is 2. The van der Waals surface area contributed by atoms with Crippen LogP contribution in [0.3, 0.4) is 0 Å². The first-order chi connectivity index (χ1) is 16.0. The van der Waals surface area contributed by atoms with Gasteiger partial charge in [0, 0.05) is 23.9 Å². The number of hydrogen-bond acceptors (Lipinski definition) is 5. The molecule has 2 aromatic heterocycles. The molecule has 4 rings (SSSR count). The quantitative estimate of drug-likeness (QED) is 0.425. The summed E-state index contributed by atoms with van der Waals surface area (Å²) >= 11 is 0. The van der Waals surface area contributed by atoms with Gasteiger partial charge in [-0.3, -0.25) is 9.78 Å². The lowest BCUT2D eigenvalue weighted by Gasteiger charge is -2.13. The number of para-hydroxylation sites is 1. The van der Waals surface area contributed by atoms with Gasteiger partial charge in [-0.05, 0) is 36.8 Å². The van der Waals surface area contributed by atoms with Crippen molar-refractivity contribution in [1.29, 1.82) is 0 Å². The lowest BCUT2D eigenvalue weighted by Crippen LogP contribution is -2.27. The van der Waals surface area contributed by atoms with Crippen molar-refractivity contribution in [3.8, 4) is 16.9 Å². The highest BCUT2D eigenvalue weighted by atomic mass is 19.3. The summed E-state index contributed by atoms with van der Waals surface area (Å²) in [7, 11) is 0. The van der Waals surface area contributed by atoms with Gasteiger partial charge >= 0.3 is 6.61 Å². The number of pyridine rings is 1. The van der Waals surface area contributed by atoms with Crippen molar-refractivity contribution < 1.29 is 23.4 Å². The van der Waals surface area contributed by atoms with Crippen LogP contribution in [0.25, 0.3) is 22.2 Å². The van der Waals surface area contributed by atoms with Gasteiger partial charge in [0.15, 0.2) is 0 Å². The Kier molecular flexibility index (Phi) is 6.60. The zero-order valence-corrected chi connectivity index (χ0v) is 17.8. The van der Waals surface area contributed by atoms with Crippen LogP contribution in [0.2, 0.25) is 0 Å². The second-order valence-electron chi connectivity index (χ2n) is 7.35. The lowest BCUT2D eigenvalue weighted by molar-refractivity contribution is -0.0504. The Bertz CT molecular complexity index is 1270. The van der Waals surface area contributed by atoms with Crippen LogP contribution >= 0.6 is 0 Å². The minimum Gasteiger partial charge on any atom is -0.434 e. The molecule has 33 heavy (non-hydrogen) atoms. The predicted molar refractivity (Wildman–Crippen MR) is 119 cm³/mol. The van der Waals surface area contributed by atoms with Crippen molar-refractivity contribution in [2.24, 2.45) is 0 Å². The summed E-state index contributed by atoms with van der Waals surface area (Å²) in [5.41, 5.74) is 4.16. The van der Waals surface area contributed by atoms with Crippen molar-refractivity contribution in [2.45, 2.75) is 20.1 Å². The van der Waals surface area contributed by atoms with E-state index in [4.69, 9.17) is 5.11 Å². The number of carbonyl (C=O) groups is 1. The van der Waals surface area contributed by atoms with Crippen LogP contribution in [0, 0.1) is 6.92 Å². The van der Waals surface area contributed by atoms with E-state index < -0.39 is 6.61 Å². The van der Waals surface area contributed by atoms with E-state index in [1.165, 1.54) is 6.07 Å². The Morgan fingerprint density at radius 3 is 2.67 bits per heavy atom. The molecule has 0 bridgehead atoms. The molecule has 9 heteroatoms. The van der Waals surface area contributed by atoms with Crippen molar-refractivity contribution >= 4 is 16.9 Å². The van der Waals surface area contributed by atoms with Crippen molar-refractivity contribution in [2.75, 3.05) is 13.2 Å². The summed E-state index contributed by atoms with van der Waals surface area (Å²) in [6.07, 6.45) is 1.61. The first-order valence-corrected chi connectivity index (χ1v) is 10.3. The number of amides is 1. The highest BCUT2D eigenvalue weighted by Crippen LogP contribution is 2.28. The molecule has 0 saturated heterocycles. The number of alkyl halides is 2. The van der Waals surface area contributed by atoms with Crippen LogP contribution in [0.1, 0.15) is 21.9 Å².